The zero-order valence-electron chi connectivity index (χ0n) is 12.8. The number of hydrogen-bond acceptors (Lipinski definition) is 4. The number of nitrogens with zero attached hydrogens (tertiary/aromatic N) is 1. The Labute approximate surface area is 130 Å². The van der Waals surface area contributed by atoms with Crippen molar-refractivity contribution in [3.63, 3.8) is 0 Å². The Balaban J connectivity index is 1.62. The molecule has 5 heteroatoms. The highest BCUT2D eigenvalue weighted by molar-refractivity contribution is 5.92. The molecule has 0 spiro atoms. The molecule has 116 valence electrons. The van der Waals surface area contributed by atoms with Crippen LogP contribution in [-0.2, 0) is 0 Å². The highest BCUT2D eigenvalue weighted by Crippen LogP contribution is 2.27. The molecule has 22 heavy (non-hydrogen) atoms. The van der Waals surface area contributed by atoms with Gasteiger partial charge in [0.25, 0.3) is 5.91 Å². The summed E-state index contributed by atoms with van der Waals surface area (Å²) in [4.78, 5) is 12.2. The summed E-state index contributed by atoms with van der Waals surface area (Å²) in [5.41, 5.74) is 1.78. The van der Waals surface area contributed by atoms with Gasteiger partial charge in [-0.25, -0.2) is 0 Å². The van der Waals surface area contributed by atoms with E-state index in [4.69, 9.17) is 4.52 Å². The van der Waals surface area contributed by atoms with Gasteiger partial charge in [-0.15, -0.1) is 0 Å². The van der Waals surface area contributed by atoms with Crippen LogP contribution in [0.5, 0.6) is 0 Å². The quantitative estimate of drug-likeness (QED) is 0.910. The Morgan fingerprint density at radius 2 is 2.05 bits per heavy atom. The Kier molecular flexibility index (Phi) is 4.24. The number of nitrogens with one attached hydrogen (secondary N) is 2. The molecular formula is C17H21N3O2. The molecule has 1 aliphatic rings. The first-order valence-corrected chi connectivity index (χ1v) is 7.67. The fourth-order valence-corrected chi connectivity index (χ4v) is 2.72. The number of amides is 1. The Hall–Kier alpha value is -2.14. The van der Waals surface area contributed by atoms with Crippen LogP contribution >= 0.6 is 0 Å². The monoisotopic (exact) mass is 299 g/mol. The lowest BCUT2D eigenvalue weighted by Crippen LogP contribution is -2.42. The minimum Gasteiger partial charge on any atom is -0.350 e. The molecule has 0 atom stereocenters. The van der Waals surface area contributed by atoms with Crippen LogP contribution in [0.25, 0.3) is 11.3 Å². The minimum atomic E-state index is -0.200. The summed E-state index contributed by atoms with van der Waals surface area (Å²) in [6, 6.07) is 11.4. The molecular weight excluding hydrogens is 278 g/mol. The molecule has 3 rings (SSSR count). The van der Waals surface area contributed by atoms with Gasteiger partial charge in [-0.2, -0.15) is 0 Å². The van der Waals surface area contributed by atoms with E-state index in [1.54, 1.807) is 6.07 Å². The molecule has 2 heterocycles. The van der Waals surface area contributed by atoms with Crippen molar-refractivity contribution in [3.8, 4) is 11.3 Å². The van der Waals surface area contributed by atoms with E-state index in [1.807, 2.05) is 30.3 Å². The van der Waals surface area contributed by atoms with Gasteiger partial charge in [-0.1, -0.05) is 42.4 Å². The van der Waals surface area contributed by atoms with Crippen LogP contribution in [0.2, 0.25) is 0 Å². The zero-order chi connectivity index (χ0) is 15.4. The second kappa shape index (κ2) is 6.32. The van der Waals surface area contributed by atoms with Crippen LogP contribution in [-0.4, -0.2) is 30.7 Å². The Morgan fingerprint density at radius 3 is 2.77 bits per heavy atom. The summed E-state index contributed by atoms with van der Waals surface area (Å²) >= 11 is 0. The maximum atomic E-state index is 12.2. The van der Waals surface area contributed by atoms with Crippen LogP contribution < -0.4 is 10.6 Å². The van der Waals surface area contributed by atoms with Gasteiger partial charge in [0.1, 0.15) is 5.69 Å². The molecule has 1 aromatic carbocycles. The molecule has 0 unspecified atom stereocenters. The third-order valence-corrected chi connectivity index (χ3v) is 4.29. The van der Waals surface area contributed by atoms with Crippen molar-refractivity contribution >= 4 is 5.91 Å². The third kappa shape index (κ3) is 3.36. The smallest absolute Gasteiger partial charge is 0.289 e. The predicted molar refractivity (Wildman–Crippen MR) is 84.5 cm³/mol. The van der Waals surface area contributed by atoms with Gasteiger partial charge in [0.15, 0.2) is 0 Å². The van der Waals surface area contributed by atoms with Gasteiger partial charge in [0.05, 0.1) is 0 Å². The van der Waals surface area contributed by atoms with Gasteiger partial charge < -0.3 is 15.2 Å². The van der Waals surface area contributed by atoms with Crippen LogP contribution in [0.4, 0.5) is 0 Å². The lowest BCUT2D eigenvalue weighted by atomic mass is 9.81. The van der Waals surface area contributed by atoms with Gasteiger partial charge in [-0.05, 0) is 31.3 Å². The average Bonchev–Trinajstić information content (AvgIpc) is 3.04. The Morgan fingerprint density at radius 1 is 1.32 bits per heavy atom. The first-order valence-electron chi connectivity index (χ1n) is 7.67. The summed E-state index contributed by atoms with van der Waals surface area (Å²) in [5.74, 6) is 0.0610. The fraction of sp³-hybridized carbons (Fsp3) is 0.412. The minimum absolute atomic E-state index is 0.156. The highest BCUT2D eigenvalue weighted by Gasteiger charge is 2.27. The normalized spacial score (nSPS) is 17.1. The van der Waals surface area contributed by atoms with Crippen LogP contribution in [0.1, 0.15) is 30.3 Å². The predicted octanol–water partition coefficient (Wildman–Crippen LogP) is 2.46. The number of benzene rings is 1. The molecule has 1 aromatic heterocycles. The maximum Gasteiger partial charge on any atom is 0.289 e. The summed E-state index contributed by atoms with van der Waals surface area (Å²) in [6.07, 6.45) is 2.14. The van der Waals surface area contributed by atoms with Gasteiger partial charge in [-0.3, -0.25) is 4.79 Å². The zero-order valence-corrected chi connectivity index (χ0v) is 12.8. The molecule has 1 saturated heterocycles. The summed E-state index contributed by atoms with van der Waals surface area (Å²) < 4.78 is 5.18. The molecule has 5 nitrogen and oxygen atoms in total. The van der Waals surface area contributed by atoms with Crippen molar-refractivity contribution in [2.75, 3.05) is 19.6 Å². The molecule has 0 bridgehead atoms. The second-order valence-electron chi connectivity index (χ2n) is 6.19. The maximum absolute atomic E-state index is 12.2. The first kappa shape index (κ1) is 14.8. The summed E-state index contributed by atoms with van der Waals surface area (Å²) in [7, 11) is 0. The van der Waals surface area contributed by atoms with E-state index in [0.717, 1.165) is 31.5 Å². The lowest BCUT2D eigenvalue weighted by molar-refractivity contribution is 0.0885. The third-order valence-electron chi connectivity index (χ3n) is 4.29. The molecule has 1 amide bonds. The number of carbonyl (C=O) groups excluding carboxylic acids is 1. The van der Waals surface area contributed by atoms with Gasteiger partial charge >= 0.3 is 0 Å². The van der Waals surface area contributed by atoms with Crippen molar-refractivity contribution in [3.05, 3.63) is 42.2 Å². The summed E-state index contributed by atoms with van der Waals surface area (Å²) in [6.45, 7) is 4.89. The second-order valence-corrected chi connectivity index (χ2v) is 6.19. The van der Waals surface area contributed by atoms with Crippen molar-refractivity contribution in [1.29, 1.82) is 0 Å². The largest absolute Gasteiger partial charge is 0.350 e. The van der Waals surface area contributed by atoms with E-state index in [9.17, 15) is 4.79 Å². The molecule has 0 radical (unpaired) electrons. The van der Waals surface area contributed by atoms with E-state index in [2.05, 4.69) is 22.7 Å². The molecule has 1 aliphatic heterocycles. The molecule has 0 saturated carbocycles. The SMILES string of the molecule is CC1(CNC(=O)c2cc(-c3ccccc3)no2)CCNCC1. The van der Waals surface area contributed by atoms with Crippen molar-refractivity contribution in [2.24, 2.45) is 5.41 Å². The molecule has 2 aromatic rings. The van der Waals surface area contributed by atoms with Crippen LogP contribution in [0.3, 0.4) is 0 Å². The average molecular weight is 299 g/mol. The first-order chi connectivity index (χ1) is 10.7. The van der Waals surface area contributed by atoms with Crippen molar-refractivity contribution in [2.45, 2.75) is 19.8 Å². The van der Waals surface area contributed by atoms with E-state index in [-0.39, 0.29) is 17.1 Å². The number of aromatic nitrogens is 1. The summed E-state index contributed by atoms with van der Waals surface area (Å²) in [5, 5.41) is 10.3. The molecule has 0 aliphatic carbocycles. The fourth-order valence-electron chi connectivity index (χ4n) is 2.72. The van der Waals surface area contributed by atoms with E-state index in [1.165, 1.54) is 0 Å². The van der Waals surface area contributed by atoms with E-state index < -0.39 is 0 Å². The van der Waals surface area contributed by atoms with Gasteiger partial charge in [0, 0.05) is 18.2 Å². The molecule has 1 fully saturated rings. The van der Waals surface area contributed by atoms with E-state index in [0.29, 0.717) is 12.2 Å². The number of piperidine rings is 1. The number of carbonyl (C=O) groups is 1. The molecule has 2 N–H and O–H groups in total. The highest BCUT2D eigenvalue weighted by atomic mass is 16.5. The van der Waals surface area contributed by atoms with Gasteiger partial charge in [0.2, 0.25) is 5.76 Å². The van der Waals surface area contributed by atoms with Crippen LogP contribution in [0.15, 0.2) is 40.9 Å². The van der Waals surface area contributed by atoms with Crippen molar-refractivity contribution in [1.82, 2.24) is 15.8 Å². The van der Waals surface area contributed by atoms with Crippen LogP contribution in [0, 0.1) is 5.41 Å². The van der Waals surface area contributed by atoms with Crippen molar-refractivity contribution < 1.29 is 9.32 Å². The topological polar surface area (TPSA) is 67.2 Å². The van der Waals surface area contributed by atoms with E-state index >= 15 is 0 Å². The number of hydrogen-bond donors (Lipinski definition) is 2. The standard InChI is InChI=1S/C17H21N3O2/c1-17(7-9-18-10-8-17)12-19-16(21)15-11-14(20-22-15)13-5-3-2-4-6-13/h2-6,11,18H,7-10,12H2,1H3,(H,19,21). The lowest BCUT2D eigenvalue weighted by Gasteiger charge is -2.33. The Bertz CT molecular complexity index is 630. The number of rotatable bonds is 4.